The van der Waals surface area contributed by atoms with E-state index >= 15 is 0 Å². The number of carbonyl (C=O) groups is 4. The second kappa shape index (κ2) is 14.2. The smallest absolute Gasteiger partial charge is 0.303 e. The van der Waals surface area contributed by atoms with Gasteiger partial charge in [-0.2, -0.15) is 0 Å². The summed E-state index contributed by atoms with van der Waals surface area (Å²) in [6.45, 7) is 2.40. The van der Waals surface area contributed by atoms with Gasteiger partial charge >= 0.3 is 11.9 Å². The number of carbonyl (C=O) groups excluding carboxylic acids is 4. The molecular formula is C28H37NO13. The van der Waals surface area contributed by atoms with Gasteiger partial charge in [-0.15, -0.1) is 0 Å². The fourth-order valence-electron chi connectivity index (χ4n) is 5.44. The number of hydrogen-bond acceptors (Lipinski definition) is 13. The molecule has 1 fully saturated rings. The van der Waals surface area contributed by atoms with Crippen LogP contribution in [0.25, 0.3) is 0 Å². The second-order valence-corrected chi connectivity index (χ2v) is 10.1. The molecule has 1 amide bonds. The van der Waals surface area contributed by atoms with Crippen molar-refractivity contribution < 1.29 is 61.8 Å². The van der Waals surface area contributed by atoms with Gasteiger partial charge in [-0.25, -0.2) is 0 Å². The molecule has 0 saturated carbocycles. The maximum absolute atomic E-state index is 13.8. The first-order chi connectivity index (χ1) is 20.2. The van der Waals surface area contributed by atoms with Gasteiger partial charge < -0.3 is 52.3 Å². The topological polar surface area (TPSA) is 155 Å². The zero-order chi connectivity index (χ0) is 30.4. The van der Waals surface area contributed by atoms with Crippen molar-refractivity contribution in [3.63, 3.8) is 0 Å². The summed E-state index contributed by atoms with van der Waals surface area (Å²) in [4.78, 5) is 50.7. The molecule has 0 aliphatic carbocycles. The average molecular weight is 596 g/mol. The molecule has 0 spiro atoms. The van der Waals surface area contributed by atoms with E-state index in [1.165, 1.54) is 40.1 Å². The van der Waals surface area contributed by atoms with Crippen molar-refractivity contribution in [3.05, 3.63) is 23.3 Å². The van der Waals surface area contributed by atoms with Crippen LogP contribution in [0.5, 0.6) is 11.5 Å². The summed E-state index contributed by atoms with van der Waals surface area (Å²) < 4.78 is 50.3. The van der Waals surface area contributed by atoms with Crippen LogP contribution >= 0.6 is 0 Å². The molecule has 0 bridgehead atoms. The molecule has 1 aromatic rings. The monoisotopic (exact) mass is 595 g/mol. The lowest BCUT2D eigenvalue weighted by molar-refractivity contribution is -0.315. The maximum Gasteiger partial charge on any atom is 0.303 e. The lowest BCUT2D eigenvalue weighted by Gasteiger charge is -2.44. The minimum absolute atomic E-state index is 0.0704. The van der Waals surface area contributed by atoms with E-state index in [2.05, 4.69) is 0 Å². The number of benzene rings is 1. The Balaban J connectivity index is 1.52. The van der Waals surface area contributed by atoms with Crippen molar-refractivity contribution in [1.29, 1.82) is 0 Å². The Morgan fingerprint density at radius 3 is 2.31 bits per heavy atom. The Bertz CT molecular complexity index is 1140. The van der Waals surface area contributed by atoms with E-state index in [4.69, 9.17) is 42.6 Å². The van der Waals surface area contributed by atoms with E-state index < -0.39 is 60.6 Å². The molecule has 7 atom stereocenters. The molecule has 232 valence electrons. The van der Waals surface area contributed by atoms with Gasteiger partial charge in [0.2, 0.25) is 12.9 Å². The Kier molecular flexibility index (Phi) is 10.7. The minimum Gasteiger partial charge on any atom is -0.463 e. The van der Waals surface area contributed by atoms with Gasteiger partial charge in [0.1, 0.15) is 37.3 Å². The molecule has 3 aliphatic heterocycles. The molecule has 3 aliphatic rings. The number of ether oxygens (including phenoxy) is 9. The standard InChI is InChI=1S/C28H37NO13/c1-15(31)37-12-22-24(34-3)25(35-4)26(36-5)28(42-22)38-13-23(41-16(2)32)27(33)29-7-6-17(11-30)19-9-21-20(39-14-40-21)8-18(19)10-29/h8-9,11,17,22-26,28H,6-7,10,12-14H2,1-5H3/t17-,22+,23-,24+,25-,26+,28+/m0/s1. The van der Waals surface area contributed by atoms with E-state index in [-0.39, 0.29) is 33.1 Å². The minimum atomic E-state index is -1.33. The number of hydrogen-bond donors (Lipinski definition) is 0. The molecule has 0 unspecified atom stereocenters. The van der Waals surface area contributed by atoms with E-state index in [9.17, 15) is 19.2 Å². The Morgan fingerprint density at radius 2 is 1.69 bits per heavy atom. The number of nitrogens with zero attached hydrogens (tertiary/aromatic N) is 1. The van der Waals surface area contributed by atoms with Crippen molar-refractivity contribution in [2.24, 2.45) is 0 Å². The van der Waals surface area contributed by atoms with E-state index in [0.717, 1.165) is 17.4 Å². The molecular weight excluding hydrogens is 558 g/mol. The fraction of sp³-hybridized carbons (Fsp3) is 0.643. The van der Waals surface area contributed by atoms with E-state index in [1.807, 2.05) is 0 Å². The van der Waals surface area contributed by atoms with Crippen LogP contribution in [0.1, 0.15) is 37.3 Å². The Hall–Kier alpha value is -3.30. The first-order valence-electron chi connectivity index (χ1n) is 13.5. The summed E-state index contributed by atoms with van der Waals surface area (Å²) in [5.41, 5.74) is 1.47. The second-order valence-electron chi connectivity index (χ2n) is 10.1. The predicted molar refractivity (Wildman–Crippen MR) is 141 cm³/mol. The van der Waals surface area contributed by atoms with E-state index in [1.54, 1.807) is 12.1 Å². The summed E-state index contributed by atoms with van der Waals surface area (Å²) in [5.74, 6) is -1.09. The number of rotatable bonds is 11. The highest BCUT2D eigenvalue weighted by atomic mass is 16.7. The van der Waals surface area contributed by atoms with Gasteiger partial charge in [-0.05, 0) is 29.7 Å². The zero-order valence-corrected chi connectivity index (χ0v) is 24.3. The summed E-state index contributed by atoms with van der Waals surface area (Å²) >= 11 is 0. The molecule has 1 aromatic carbocycles. The fourth-order valence-corrected chi connectivity index (χ4v) is 5.44. The zero-order valence-electron chi connectivity index (χ0n) is 24.3. The van der Waals surface area contributed by atoms with Crippen molar-refractivity contribution >= 4 is 24.1 Å². The van der Waals surface area contributed by atoms with Gasteiger partial charge in [0.25, 0.3) is 5.91 Å². The molecule has 14 heteroatoms. The molecule has 0 radical (unpaired) electrons. The van der Waals surface area contributed by atoms with Gasteiger partial charge in [0.05, 0.1) is 6.61 Å². The molecule has 42 heavy (non-hydrogen) atoms. The van der Waals surface area contributed by atoms with Gasteiger partial charge in [-0.3, -0.25) is 14.4 Å². The van der Waals surface area contributed by atoms with Crippen LogP contribution in [-0.2, 0) is 58.9 Å². The van der Waals surface area contributed by atoms with Crippen LogP contribution in [0.2, 0.25) is 0 Å². The SMILES string of the molecule is CO[C@@H]1[C@@H](OC)[C@H](OC[C@H](OC(C)=O)C(=O)N2CC[C@@H](C=O)c3cc4c(cc3C2)OCO4)O[C@H](COC(C)=O)[C@H]1OC. The highest BCUT2D eigenvalue weighted by molar-refractivity contribution is 5.84. The first-order valence-corrected chi connectivity index (χ1v) is 13.5. The van der Waals surface area contributed by atoms with Crippen molar-refractivity contribution in [1.82, 2.24) is 4.90 Å². The number of fused-ring (bicyclic) bond motifs is 2. The summed E-state index contributed by atoms with van der Waals surface area (Å²) in [6, 6.07) is 3.53. The predicted octanol–water partition coefficient (Wildman–Crippen LogP) is 0.711. The first kappa shape index (κ1) is 31.6. The number of methoxy groups -OCH3 is 3. The Labute approximate surface area is 243 Å². The lowest BCUT2D eigenvalue weighted by atomic mass is 9.93. The lowest BCUT2D eigenvalue weighted by Crippen LogP contribution is -2.61. The summed E-state index contributed by atoms with van der Waals surface area (Å²) in [5, 5.41) is 0. The van der Waals surface area contributed by atoms with Crippen molar-refractivity contribution in [3.8, 4) is 11.5 Å². The van der Waals surface area contributed by atoms with Crippen LogP contribution in [-0.4, -0.2) is 114 Å². The average Bonchev–Trinajstić information content (AvgIpc) is 3.35. The van der Waals surface area contributed by atoms with Crippen molar-refractivity contribution in [2.45, 2.75) is 69.5 Å². The third-order valence-electron chi connectivity index (χ3n) is 7.44. The molecule has 1 saturated heterocycles. The third-order valence-corrected chi connectivity index (χ3v) is 7.44. The highest BCUT2D eigenvalue weighted by Crippen LogP contribution is 2.39. The van der Waals surface area contributed by atoms with Crippen LogP contribution in [0.4, 0.5) is 0 Å². The highest BCUT2D eigenvalue weighted by Gasteiger charge is 2.48. The summed E-state index contributed by atoms with van der Waals surface area (Å²) in [7, 11) is 4.37. The summed E-state index contributed by atoms with van der Waals surface area (Å²) in [6.07, 6.45) is -4.15. The molecule has 14 nitrogen and oxygen atoms in total. The molecule has 3 heterocycles. The molecule has 4 rings (SSSR count). The van der Waals surface area contributed by atoms with Gasteiger partial charge in [0, 0.05) is 54.2 Å². The quantitative estimate of drug-likeness (QED) is 0.261. The van der Waals surface area contributed by atoms with E-state index in [0.29, 0.717) is 17.9 Å². The number of esters is 2. The van der Waals surface area contributed by atoms with Gasteiger partial charge in [0.15, 0.2) is 17.8 Å². The van der Waals surface area contributed by atoms with Gasteiger partial charge in [-0.1, -0.05) is 0 Å². The van der Waals surface area contributed by atoms with Crippen LogP contribution < -0.4 is 9.47 Å². The van der Waals surface area contributed by atoms with Crippen LogP contribution in [0.3, 0.4) is 0 Å². The third kappa shape index (κ3) is 7.01. The molecule has 0 N–H and O–H groups in total. The molecule has 0 aromatic heterocycles. The number of aldehydes is 1. The normalized spacial score (nSPS) is 27.4. The number of amides is 1. The van der Waals surface area contributed by atoms with Crippen LogP contribution in [0, 0.1) is 0 Å². The Morgan fingerprint density at radius 1 is 1.00 bits per heavy atom. The van der Waals surface area contributed by atoms with Crippen LogP contribution in [0.15, 0.2) is 12.1 Å². The van der Waals surface area contributed by atoms with Crippen molar-refractivity contribution in [2.75, 3.05) is 47.9 Å². The largest absolute Gasteiger partial charge is 0.463 e. The maximum atomic E-state index is 13.8.